The van der Waals surface area contributed by atoms with E-state index in [9.17, 15) is 14.3 Å². The Balaban J connectivity index is 2.05. The van der Waals surface area contributed by atoms with E-state index < -0.39 is 17.3 Å². The van der Waals surface area contributed by atoms with Gasteiger partial charge >= 0.3 is 0 Å². The Hall–Kier alpha value is -2.21. The molecule has 2 N–H and O–H groups in total. The summed E-state index contributed by atoms with van der Waals surface area (Å²) in [6, 6.07) is 5.76. The molecule has 21 heavy (non-hydrogen) atoms. The highest BCUT2D eigenvalue weighted by Gasteiger charge is 2.27. The first-order valence-electron chi connectivity index (χ1n) is 6.80. The van der Waals surface area contributed by atoms with E-state index in [0.29, 0.717) is 0 Å². The fourth-order valence-electron chi connectivity index (χ4n) is 2.54. The van der Waals surface area contributed by atoms with E-state index in [4.69, 9.17) is 4.74 Å². The molecule has 5 nitrogen and oxygen atoms in total. The number of benzene rings is 1. The molecule has 2 heterocycles. The summed E-state index contributed by atoms with van der Waals surface area (Å²) in [4.78, 5) is 18.7. The molecule has 0 bridgehead atoms. The lowest BCUT2D eigenvalue weighted by atomic mass is 10.1. The number of ether oxygens (including phenoxy) is 1. The molecule has 110 valence electrons. The normalized spacial score (nSPS) is 21.6. The minimum Gasteiger partial charge on any atom is -0.493 e. The van der Waals surface area contributed by atoms with Gasteiger partial charge in [-0.3, -0.25) is 4.79 Å². The summed E-state index contributed by atoms with van der Waals surface area (Å²) in [6.07, 6.45) is 1.34. The summed E-state index contributed by atoms with van der Waals surface area (Å²) in [5, 5.41) is 10.0. The predicted octanol–water partition coefficient (Wildman–Crippen LogP) is 2.52. The van der Waals surface area contributed by atoms with Gasteiger partial charge in [0.25, 0.3) is 5.56 Å². The molecule has 1 aliphatic heterocycles. The molecule has 0 aliphatic carbocycles. The average Bonchev–Trinajstić information content (AvgIpc) is 2.87. The molecule has 2 aromatic rings. The number of H-pyrrole nitrogens is 1. The molecule has 0 saturated carbocycles. The van der Waals surface area contributed by atoms with Gasteiger partial charge in [0.15, 0.2) is 0 Å². The molecule has 1 aromatic heterocycles. The van der Waals surface area contributed by atoms with Gasteiger partial charge in [-0.25, -0.2) is 4.39 Å². The van der Waals surface area contributed by atoms with Crippen LogP contribution in [0.25, 0.3) is 11.1 Å². The largest absolute Gasteiger partial charge is 0.493 e. The van der Waals surface area contributed by atoms with Crippen molar-refractivity contribution < 1.29 is 14.2 Å². The van der Waals surface area contributed by atoms with Gasteiger partial charge in [0.2, 0.25) is 5.88 Å². The van der Waals surface area contributed by atoms with Gasteiger partial charge in [-0.2, -0.15) is 4.98 Å². The molecule has 1 aliphatic rings. The topological polar surface area (TPSA) is 75.2 Å². The first-order valence-corrected chi connectivity index (χ1v) is 6.80. The van der Waals surface area contributed by atoms with Crippen LogP contribution in [-0.4, -0.2) is 21.2 Å². The van der Waals surface area contributed by atoms with Crippen molar-refractivity contribution in [1.82, 2.24) is 9.97 Å². The molecule has 2 unspecified atom stereocenters. The maximum Gasteiger partial charge on any atom is 0.262 e. The smallest absolute Gasteiger partial charge is 0.262 e. The molecular weight excluding hydrogens is 275 g/mol. The van der Waals surface area contributed by atoms with E-state index in [2.05, 4.69) is 9.97 Å². The Morgan fingerprint density at radius 3 is 2.76 bits per heavy atom. The summed E-state index contributed by atoms with van der Waals surface area (Å²) >= 11 is 0. The second-order valence-corrected chi connectivity index (χ2v) is 5.14. The van der Waals surface area contributed by atoms with Crippen molar-refractivity contribution in [3.05, 3.63) is 46.3 Å². The Morgan fingerprint density at radius 2 is 2.14 bits per heavy atom. The number of nitrogens with one attached hydrogen (secondary N) is 1. The molecule has 2 atom stereocenters. The van der Waals surface area contributed by atoms with Gasteiger partial charge in [0, 0.05) is 5.56 Å². The summed E-state index contributed by atoms with van der Waals surface area (Å²) in [5.74, 6) is -0.789. The average molecular weight is 290 g/mol. The van der Waals surface area contributed by atoms with E-state index in [-0.39, 0.29) is 29.2 Å². The molecule has 6 heteroatoms. The van der Waals surface area contributed by atoms with Gasteiger partial charge in [0.05, 0.1) is 6.10 Å². The highest BCUT2D eigenvalue weighted by Crippen LogP contribution is 2.32. The first-order chi connectivity index (χ1) is 10.1. The van der Waals surface area contributed by atoms with Crippen molar-refractivity contribution in [2.24, 2.45) is 0 Å². The minimum absolute atomic E-state index is 0.0241. The van der Waals surface area contributed by atoms with Crippen molar-refractivity contribution in [3.8, 4) is 17.0 Å². The van der Waals surface area contributed by atoms with Gasteiger partial charge < -0.3 is 14.8 Å². The maximum absolute atomic E-state index is 13.8. The monoisotopic (exact) mass is 290 g/mol. The van der Waals surface area contributed by atoms with Gasteiger partial charge in [0.1, 0.15) is 23.3 Å². The second kappa shape index (κ2) is 5.29. The molecule has 0 spiro atoms. The second-order valence-electron chi connectivity index (χ2n) is 5.14. The Labute approximate surface area is 120 Å². The van der Waals surface area contributed by atoms with Crippen molar-refractivity contribution in [3.63, 3.8) is 0 Å². The zero-order valence-corrected chi connectivity index (χ0v) is 11.5. The molecule has 1 aromatic carbocycles. The van der Waals surface area contributed by atoms with E-state index in [1.54, 1.807) is 6.07 Å². The zero-order chi connectivity index (χ0) is 15.0. The third-order valence-electron chi connectivity index (χ3n) is 3.60. The van der Waals surface area contributed by atoms with Crippen molar-refractivity contribution in [2.75, 3.05) is 0 Å². The zero-order valence-electron chi connectivity index (χ0n) is 11.5. The van der Waals surface area contributed by atoms with Gasteiger partial charge in [-0.1, -0.05) is 18.2 Å². The lowest BCUT2D eigenvalue weighted by molar-refractivity contribution is 0.0498. The van der Waals surface area contributed by atoms with Crippen LogP contribution in [0.15, 0.2) is 29.1 Å². The minimum atomic E-state index is -0.585. The number of aromatic amines is 1. The summed E-state index contributed by atoms with van der Waals surface area (Å²) in [7, 11) is 0. The molecule has 1 saturated heterocycles. The fraction of sp³-hybridized carbons (Fsp3) is 0.333. The number of hydrogen-bond acceptors (Lipinski definition) is 4. The van der Waals surface area contributed by atoms with E-state index >= 15 is 0 Å². The van der Waals surface area contributed by atoms with Gasteiger partial charge in [-0.15, -0.1) is 0 Å². The van der Waals surface area contributed by atoms with E-state index in [1.807, 2.05) is 6.92 Å². The van der Waals surface area contributed by atoms with Crippen LogP contribution in [0.5, 0.6) is 5.88 Å². The SMILES string of the molecule is CC1CCC(c2nc(O)c(-c3ccccc3F)c(=O)[nH]2)O1. The van der Waals surface area contributed by atoms with Crippen molar-refractivity contribution >= 4 is 0 Å². The number of aromatic nitrogens is 2. The Morgan fingerprint density at radius 1 is 1.38 bits per heavy atom. The summed E-state index contributed by atoms with van der Waals surface area (Å²) in [6.45, 7) is 1.94. The Bertz CT molecular complexity index is 729. The number of aromatic hydroxyl groups is 1. The van der Waals surface area contributed by atoms with Crippen LogP contribution < -0.4 is 5.56 Å². The van der Waals surface area contributed by atoms with Crippen molar-refractivity contribution in [1.29, 1.82) is 0 Å². The standard InChI is InChI=1S/C15H15FN2O3/c1-8-6-7-11(21-8)13-17-14(19)12(15(20)18-13)9-4-2-3-5-10(9)16/h2-5,8,11H,6-7H2,1H3,(H2,17,18,19,20). The van der Waals surface area contributed by atoms with Crippen LogP contribution in [0.3, 0.4) is 0 Å². The number of halogens is 1. The Kier molecular flexibility index (Phi) is 3.47. The summed E-state index contributed by atoms with van der Waals surface area (Å²) in [5.41, 5.74) is -0.718. The fourth-order valence-corrected chi connectivity index (χ4v) is 2.54. The number of rotatable bonds is 2. The van der Waals surface area contributed by atoms with E-state index in [1.165, 1.54) is 18.2 Å². The summed E-state index contributed by atoms with van der Waals surface area (Å²) < 4.78 is 19.4. The first kappa shape index (κ1) is 13.8. The molecule has 1 fully saturated rings. The lowest BCUT2D eigenvalue weighted by Gasteiger charge is -2.12. The third kappa shape index (κ3) is 2.54. The highest BCUT2D eigenvalue weighted by molar-refractivity contribution is 5.67. The van der Waals surface area contributed by atoms with Crippen LogP contribution in [-0.2, 0) is 4.74 Å². The van der Waals surface area contributed by atoms with Crippen LogP contribution in [0, 0.1) is 5.82 Å². The van der Waals surface area contributed by atoms with Crippen molar-refractivity contribution in [2.45, 2.75) is 32.0 Å². The van der Waals surface area contributed by atoms with Crippen LogP contribution >= 0.6 is 0 Å². The molecule has 3 rings (SSSR count). The lowest BCUT2D eigenvalue weighted by Crippen LogP contribution is -2.17. The van der Waals surface area contributed by atoms with Crippen LogP contribution in [0.2, 0.25) is 0 Å². The van der Waals surface area contributed by atoms with Crippen LogP contribution in [0.1, 0.15) is 31.7 Å². The quantitative estimate of drug-likeness (QED) is 0.891. The molecule has 0 amide bonds. The van der Waals surface area contributed by atoms with E-state index in [0.717, 1.165) is 12.8 Å². The number of nitrogens with zero attached hydrogens (tertiary/aromatic N) is 1. The molecule has 0 radical (unpaired) electrons. The number of hydrogen-bond donors (Lipinski definition) is 2. The maximum atomic E-state index is 13.8. The molecular formula is C15H15FN2O3. The predicted molar refractivity (Wildman–Crippen MR) is 74.4 cm³/mol. The third-order valence-corrected chi connectivity index (χ3v) is 3.60. The van der Waals surface area contributed by atoms with Crippen LogP contribution in [0.4, 0.5) is 4.39 Å². The van der Waals surface area contributed by atoms with Gasteiger partial charge in [-0.05, 0) is 25.8 Å². The highest BCUT2D eigenvalue weighted by atomic mass is 19.1.